The minimum Gasteiger partial charge on any atom is -0.464 e. The van der Waals surface area contributed by atoms with Gasteiger partial charge in [-0.15, -0.1) is 5.10 Å². The second-order valence-corrected chi connectivity index (χ2v) is 4.58. The van der Waals surface area contributed by atoms with Crippen molar-refractivity contribution < 1.29 is 14.3 Å². The summed E-state index contributed by atoms with van der Waals surface area (Å²) in [6, 6.07) is 10.1. The van der Waals surface area contributed by atoms with E-state index in [-0.39, 0.29) is 5.69 Å². The van der Waals surface area contributed by atoms with E-state index in [4.69, 9.17) is 9.47 Å². The summed E-state index contributed by atoms with van der Waals surface area (Å²) in [4.78, 5) is 11.7. The van der Waals surface area contributed by atoms with E-state index < -0.39 is 5.97 Å². The quantitative estimate of drug-likeness (QED) is 0.723. The summed E-state index contributed by atoms with van der Waals surface area (Å²) in [5.74, 6) is -0.466. The Morgan fingerprint density at radius 3 is 2.62 bits per heavy atom. The van der Waals surface area contributed by atoms with Gasteiger partial charge in [-0.1, -0.05) is 35.5 Å². The summed E-state index contributed by atoms with van der Waals surface area (Å²) in [5, 5.41) is 8.00. The van der Waals surface area contributed by atoms with Crippen LogP contribution in [0.2, 0.25) is 0 Å². The summed E-state index contributed by atoms with van der Waals surface area (Å²) in [7, 11) is 2.96. The van der Waals surface area contributed by atoms with Crippen LogP contribution in [0, 0.1) is 0 Å². The van der Waals surface area contributed by atoms with Crippen molar-refractivity contribution in [2.24, 2.45) is 0 Å². The summed E-state index contributed by atoms with van der Waals surface area (Å²) in [6.07, 6.45) is 1.40. The molecule has 0 saturated carbocycles. The monoisotopic (exact) mass is 289 g/mol. The zero-order valence-electron chi connectivity index (χ0n) is 12.3. The fourth-order valence-electron chi connectivity index (χ4n) is 2.09. The second-order valence-electron chi connectivity index (χ2n) is 4.58. The highest BCUT2D eigenvalue weighted by atomic mass is 16.5. The summed E-state index contributed by atoms with van der Waals surface area (Å²) in [5.41, 5.74) is 2.23. The molecule has 1 aromatic carbocycles. The van der Waals surface area contributed by atoms with Crippen molar-refractivity contribution in [3.63, 3.8) is 0 Å². The van der Waals surface area contributed by atoms with Crippen LogP contribution in [0.25, 0.3) is 0 Å². The standard InChI is InChI=1S/C15H19N3O3/c1-20-11-9-13-14(15(19)21-2)16-17-18(13)10-8-12-6-4-3-5-7-12/h3-7H,8-11H2,1-2H3. The van der Waals surface area contributed by atoms with Gasteiger partial charge in [-0.2, -0.15) is 0 Å². The zero-order valence-corrected chi connectivity index (χ0v) is 12.3. The Bertz CT molecular complexity index is 581. The van der Waals surface area contributed by atoms with Crippen LogP contribution in [0.15, 0.2) is 30.3 Å². The van der Waals surface area contributed by atoms with Gasteiger partial charge in [-0.05, 0) is 12.0 Å². The molecule has 0 unspecified atom stereocenters. The number of rotatable bonds is 7. The number of ether oxygens (including phenoxy) is 2. The van der Waals surface area contributed by atoms with E-state index in [1.54, 1.807) is 11.8 Å². The van der Waals surface area contributed by atoms with Crippen molar-refractivity contribution in [1.29, 1.82) is 0 Å². The van der Waals surface area contributed by atoms with Gasteiger partial charge < -0.3 is 9.47 Å². The highest BCUT2D eigenvalue weighted by Gasteiger charge is 2.19. The maximum atomic E-state index is 11.7. The summed E-state index contributed by atoms with van der Waals surface area (Å²) < 4.78 is 11.6. The minimum absolute atomic E-state index is 0.266. The molecule has 112 valence electrons. The Kier molecular flexibility index (Phi) is 5.45. The summed E-state index contributed by atoms with van der Waals surface area (Å²) in [6.45, 7) is 1.16. The maximum absolute atomic E-state index is 11.7. The Balaban J connectivity index is 2.14. The van der Waals surface area contributed by atoms with Gasteiger partial charge in [0.05, 0.1) is 19.4 Å². The van der Waals surface area contributed by atoms with Crippen LogP contribution >= 0.6 is 0 Å². The van der Waals surface area contributed by atoms with Crippen LogP contribution in [-0.4, -0.2) is 41.8 Å². The lowest BCUT2D eigenvalue weighted by molar-refractivity contribution is 0.0592. The SMILES string of the molecule is COCCc1c(C(=O)OC)nnn1CCc1ccccc1. The van der Waals surface area contributed by atoms with Crippen LogP contribution in [0.4, 0.5) is 0 Å². The van der Waals surface area contributed by atoms with E-state index in [1.807, 2.05) is 18.2 Å². The molecule has 0 radical (unpaired) electrons. The van der Waals surface area contributed by atoms with Crippen LogP contribution in [-0.2, 0) is 28.9 Å². The van der Waals surface area contributed by atoms with Crippen molar-refractivity contribution in [2.75, 3.05) is 20.8 Å². The molecule has 0 N–H and O–H groups in total. The van der Waals surface area contributed by atoms with Crippen LogP contribution in [0.1, 0.15) is 21.7 Å². The van der Waals surface area contributed by atoms with Gasteiger partial charge in [0, 0.05) is 20.1 Å². The molecule has 1 aromatic heterocycles. The van der Waals surface area contributed by atoms with Gasteiger partial charge in [0.2, 0.25) is 0 Å². The molecule has 2 aromatic rings. The molecule has 0 aliphatic rings. The smallest absolute Gasteiger partial charge is 0.360 e. The topological polar surface area (TPSA) is 66.2 Å². The predicted octanol–water partition coefficient (Wildman–Crippen LogP) is 1.50. The molecule has 6 heteroatoms. The third-order valence-electron chi connectivity index (χ3n) is 3.21. The molecule has 6 nitrogen and oxygen atoms in total. The lowest BCUT2D eigenvalue weighted by Gasteiger charge is -2.07. The fraction of sp³-hybridized carbons (Fsp3) is 0.400. The first-order valence-corrected chi connectivity index (χ1v) is 6.79. The molecule has 21 heavy (non-hydrogen) atoms. The normalized spacial score (nSPS) is 10.6. The van der Waals surface area contributed by atoms with Crippen molar-refractivity contribution in [3.8, 4) is 0 Å². The number of aryl methyl sites for hydroxylation is 2. The largest absolute Gasteiger partial charge is 0.464 e. The van der Waals surface area contributed by atoms with Crippen LogP contribution in [0.5, 0.6) is 0 Å². The fourth-order valence-corrected chi connectivity index (χ4v) is 2.09. The van der Waals surface area contributed by atoms with Gasteiger partial charge in [0.1, 0.15) is 0 Å². The van der Waals surface area contributed by atoms with E-state index >= 15 is 0 Å². The molecule has 0 atom stereocenters. The third kappa shape index (κ3) is 3.88. The van der Waals surface area contributed by atoms with E-state index in [1.165, 1.54) is 12.7 Å². The van der Waals surface area contributed by atoms with Crippen molar-refractivity contribution in [2.45, 2.75) is 19.4 Å². The van der Waals surface area contributed by atoms with Crippen molar-refractivity contribution in [3.05, 3.63) is 47.3 Å². The number of esters is 1. The number of carbonyl (C=O) groups is 1. The molecule has 1 heterocycles. The average Bonchev–Trinajstić information content (AvgIpc) is 2.94. The second kappa shape index (κ2) is 7.54. The average molecular weight is 289 g/mol. The molecule has 0 saturated heterocycles. The highest BCUT2D eigenvalue weighted by molar-refractivity contribution is 5.88. The van der Waals surface area contributed by atoms with E-state index in [0.717, 1.165) is 12.1 Å². The van der Waals surface area contributed by atoms with Gasteiger partial charge in [0.15, 0.2) is 5.69 Å². The Morgan fingerprint density at radius 2 is 1.95 bits per heavy atom. The number of methoxy groups -OCH3 is 2. The number of nitrogens with zero attached hydrogens (tertiary/aromatic N) is 3. The third-order valence-corrected chi connectivity index (χ3v) is 3.21. The maximum Gasteiger partial charge on any atom is 0.360 e. The predicted molar refractivity (Wildman–Crippen MR) is 77.1 cm³/mol. The van der Waals surface area contributed by atoms with Gasteiger partial charge in [0.25, 0.3) is 0 Å². The summed E-state index contributed by atoms with van der Waals surface area (Å²) >= 11 is 0. The van der Waals surface area contributed by atoms with E-state index in [0.29, 0.717) is 19.6 Å². The first-order chi connectivity index (χ1) is 10.3. The minimum atomic E-state index is -0.466. The Morgan fingerprint density at radius 1 is 1.19 bits per heavy atom. The number of hydrogen-bond acceptors (Lipinski definition) is 5. The van der Waals surface area contributed by atoms with Gasteiger partial charge >= 0.3 is 5.97 Å². The number of carbonyl (C=O) groups excluding carboxylic acids is 1. The molecule has 0 bridgehead atoms. The van der Waals surface area contributed by atoms with Gasteiger partial charge in [-0.3, -0.25) is 0 Å². The van der Waals surface area contributed by atoms with Gasteiger partial charge in [-0.25, -0.2) is 9.48 Å². The molecule has 0 spiro atoms. The first kappa shape index (κ1) is 15.2. The number of hydrogen-bond donors (Lipinski definition) is 0. The molecular formula is C15H19N3O3. The lowest BCUT2D eigenvalue weighted by atomic mass is 10.1. The number of benzene rings is 1. The van der Waals surface area contributed by atoms with E-state index in [9.17, 15) is 4.79 Å². The van der Waals surface area contributed by atoms with Crippen LogP contribution in [0.3, 0.4) is 0 Å². The Labute approximate surface area is 123 Å². The Hall–Kier alpha value is -2.21. The lowest BCUT2D eigenvalue weighted by Crippen LogP contribution is -2.13. The highest BCUT2D eigenvalue weighted by Crippen LogP contribution is 2.10. The molecule has 0 amide bonds. The van der Waals surface area contributed by atoms with Crippen LogP contribution < -0.4 is 0 Å². The molecule has 0 aliphatic heterocycles. The molecule has 0 fully saturated rings. The molecular weight excluding hydrogens is 270 g/mol. The van der Waals surface area contributed by atoms with Crippen molar-refractivity contribution >= 4 is 5.97 Å². The number of aromatic nitrogens is 3. The van der Waals surface area contributed by atoms with E-state index in [2.05, 4.69) is 22.4 Å². The zero-order chi connectivity index (χ0) is 15.1. The molecule has 0 aliphatic carbocycles. The molecule has 2 rings (SSSR count). The first-order valence-electron chi connectivity index (χ1n) is 6.79. The van der Waals surface area contributed by atoms with Crippen molar-refractivity contribution in [1.82, 2.24) is 15.0 Å².